The van der Waals surface area contributed by atoms with Crippen molar-refractivity contribution in [1.29, 1.82) is 0 Å². The van der Waals surface area contributed by atoms with Crippen LogP contribution in [0.1, 0.15) is 0 Å². The van der Waals surface area contributed by atoms with Gasteiger partial charge >= 0.3 is 0 Å². The van der Waals surface area contributed by atoms with Gasteiger partial charge in [0.05, 0.1) is 5.69 Å². The number of nitrogens with two attached hydrogens (primary N) is 1. The topological polar surface area (TPSA) is 80.0 Å². The van der Waals surface area contributed by atoms with Gasteiger partial charge in [0.15, 0.2) is 0 Å². The van der Waals surface area contributed by atoms with Crippen LogP contribution >= 0.6 is 22.6 Å². The normalized spacial score (nSPS) is 10.2. The molecular weight excluding hydrogens is 343 g/mol. The Morgan fingerprint density at radius 2 is 1.89 bits per heavy atom. The number of hydrogen-bond acceptors (Lipinski definition) is 6. The van der Waals surface area contributed by atoms with Crippen molar-refractivity contribution in [3.05, 3.63) is 27.8 Å². The lowest BCUT2D eigenvalue weighted by molar-refractivity contribution is 0.969. The number of nitrogens with zero attached hydrogens (tertiary/aromatic N) is 4. The highest BCUT2D eigenvalue weighted by Gasteiger charge is 2.07. The zero-order valence-corrected chi connectivity index (χ0v) is 12.2. The second-order valence-corrected chi connectivity index (χ2v) is 4.98. The summed E-state index contributed by atoms with van der Waals surface area (Å²) in [5, 5.41) is 3.13. The average Bonchev–Trinajstić information content (AvgIpc) is 2.31. The molecule has 0 unspecified atom stereocenters. The highest BCUT2D eigenvalue weighted by molar-refractivity contribution is 14.1. The Hall–Kier alpha value is -1.64. The van der Waals surface area contributed by atoms with E-state index in [2.05, 4.69) is 42.9 Å². The minimum atomic E-state index is 0.196. The maximum Gasteiger partial charge on any atom is 0.233 e. The molecule has 3 N–H and O–H groups in total. The third-order valence-corrected chi connectivity index (χ3v) is 3.10. The van der Waals surface area contributed by atoms with Gasteiger partial charge in [0, 0.05) is 17.7 Å². The molecule has 0 amide bonds. The van der Waals surface area contributed by atoms with Crippen molar-refractivity contribution < 1.29 is 0 Å². The summed E-state index contributed by atoms with van der Waals surface area (Å²) in [7, 11) is 3.70. The van der Waals surface area contributed by atoms with Crippen LogP contribution in [0.5, 0.6) is 0 Å². The van der Waals surface area contributed by atoms with E-state index in [-0.39, 0.29) is 5.95 Å². The van der Waals surface area contributed by atoms with Crippen molar-refractivity contribution in [2.75, 3.05) is 30.0 Å². The van der Waals surface area contributed by atoms with Gasteiger partial charge in [0.1, 0.15) is 0 Å². The second-order valence-electron chi connectivity index (χ2n) is 3.82. The smallest absolute Gasteiger partial charge is 0.233 e. The van der Waals surface area contributed by atoms with Crippen LogP contribution in [0.3, 0.4) is 0 Å². The molecule has 2 rings (SSSR count). The second kappa shape index (κ2) is 5.34. The first kappa shape index (κ1) is 12.8. The molecule has 0 spiro atoms. The highest BCUT2D eigenvalue weighted by Crippen LogP contribution is 2.21. The minimum absolute atomic E-state index is 0.196. The van der Waals surface area contributed by atoms with Crippen molar-refractivity contribution in [2.45, 2.75) is 0 Å². The van der Waals surface area contributed by atoms with E-state index < -0.39 is 0 Å². The molecule has 0 fully saturated rings. The molecule has 7 heteroatoms. The molecule has 0 saturated carbocycles. The van der Waals surface area contributed by atoms with E-state index in [0.717, 1.165) is 9.26 Å². The fourth-order valence-corrected chi connectivity index (χ4v) is 1.84. The molecule has 1 heterocycles. The van der Waals surface area contributed by atoms with Crippen molar-refractivity contribution in [3.63, 3.8) is 0 Å². The van der Waals surface area contributed by atoms with Crippen LogP contribution in [-0.2, 0) is 0 Å². The number of benzene rings is 1. The first-order chi connectivity index (χ1) is 8.56. The molecule has 6 nitrogen and oxygen atoms in total. The average molecular weight is 356 g/mol. The van der Waals surface area contributed by atoms with Crippen LogP contribution in [0.2, 0.25) is 0 Å². The molecule has 0 radical (unpaired) electrons. The van der Waals surface area contributed by atoms with Crippen LogP contribution in [0.4, 0.5) is 23.5 Å². The molecule has 0 aliphatic heterocycles. The van der Waals surface area contributed by atoms with E-state index in [0.29, 0.717) is 11.9 Å². The number of nitrogen functional groups attached to an aromatic ring is 1. The third-order valence-electron chi connectivity index (χ3n) is 2.16. The van der Waals surface area contributed by atoms with E-state index in [4.69, 9.17) is 5.73 Å². The molecule has 18 heavy (non-hydrogen) atoms. The molecule has 94 valence electrons. The monoisotopic (exact) mass is 356 g/mol. The largest absolute Gasteiger partial charge is 0.368 e. The molecule has 0 saturated heterocycles. The first-order valence-electron chi connectivity index (χ1n) is 5.26. The lowest BCUT2D eigenvalue weighted by Crippen LogP contribution is -2.15. The van der Waals surface area contributed by atoms with Crippen LogP contribution in [0.15, 0.2) is 24.3 Å². The van der Waals surface area contributed by atoms with Crippen molar-refractivity contribution in [3.8, 4) is 0 Å². The fourth-order valence-electron chi connectivity index (χ4n) is 1.32. The molecular formula is C11H13IN6. The standard InChI is InChI=1S/C11H13IN6/c1-18(2)11-16-9(13)15-10(17-11)14-8-6-4-3-5-7(8)12/h3-6H,1-2H3,(H3,13,14,15,16,17). The molecule has 1 aromatic heterocycles. The maximum atomic E-state index is 5.66. The predicted octanol–water partition coefficient (Wildman–Crippen LogP) is 1.87. The zero-order valence-electron chi connectivity index (χ0n) is 10.1. The van der Waals surface area contributed by atoms with Crippen LogP contribution in [0, 0.1) is 3.57 Å². The molecule has 2 aromatic rings. The fraction of sp³-hybridized carbons (Fsp3) is 0.182. The van der Waals surface area contributed by atoms with Gasteiger partial charge in [0.2, 0.25) is 17.8 Å². The van der Waals surface area contributed by atoms with Gasteiger partial charge in [-0.3, -0.25) is 0 Å². The summed E-state index contributed by atoms with van der Waals surface area (Å²) in [6.45, 7) is 0. The van der Waals surface area contributed by atoms with Crippen molar-refractivity contribution in [1.82, 2.24) is 15.0 Å². The summed E-state index contributed by atoms with van der Waals surface area (Å²) in [6.07, 6.45) is 0. The van der Waals surface area contributed by atoms with Gasteiger partial charge in [-0.2, -0.15) is 15.0 Å². The van der Waals surface area contributed by atoms with Crippen molar-refractivity contribution in [2.24, 2.45) is 0 Å². The van der Waals surface area contributed by atoms with Crippen LogP contribution < -0.4 is 16.0 Å². The Kier molecular flexibility index (Phi) is 3.80. The maximum absolute atomic E-state index is 5.66. The Bertz CT molecular complexity index is 557. The highest BCUT2D eigenvalue weighted by atomic mass is 127. The van der Waals surface area contributed by atoms with Gasteiger partial charge in [-0.1, -0.05) is 12.1 Å². The number of rotatable bonds is 3. The summed E-state index contributed by atoms with van der Waals surface area (Å²) in [5.74, 6) is 1.16. The number of halogens is 1. The summed E-state index contributed by atoms with van der Waals surface area (Å²) >= 11 is 2.24. The van der Waals surface area contributed by atoms with E-state index >= 15 is 0 Å². The van der Waals surface area contributed by atoms with Crippen LogP contribution in [-0.4, -0.2) is 29.0 Å². The number of para-hydroxylation sites is 1. The Labute approximate surface area is 119 Å². The van der Waals surface area contributed by atoms with Gasteiger partial charge in [0.25, 0.3) is 0 Å². The van der Waals surface area contributed by atoms with E-state index in [1.54, 1.807) is 4.90 Å². The van der Waals surface area contributed by atoms with Gasteiger partial charge in [-0.15, -0.1) is 0 Å². The van der Waals surface area contributed by atoms with Gasteiger partial charge in [-0.05, 0) is 34.7 Å². The molecule has 1 aromatic carbocycles. The summed E-state index contributed by atoms with van der Waals surface area (Å²) in [6, 6.07) is 7.87. The molecule has 0 aliphatic carbocycles. The lowest BCUT2D eigenvalue weighted by Gasteiger charge is -2.12. The SMILES string of the molecule is CN(C)c1nc(N)nc(Nc2ccccc2I)n1. The Morgan fingerprint density at radius 3 is 2.56 bits per heavy atom. The third kappa shape index (κ3) is 2.97. The first-order valence-corrected chi connectivity index (χ1v) is 6.34. The Morgan fingerprint density at radius 1 is 1.17 bits per heavy atom. The molecule has 0 aliphatic rings. The van der Waals surface area contributed by atoms with Crippen molar-refractivity contribution >= 4 is 46.1 Å². The number of nitrogens with one attached hydrogen (secondary N) is 1. The van der Waals surface area contributed by atoms with E-state index in [1.165, 1.54) is 0 Å². The minimum Gasteiger partial charge on any atom is -0.368 e. The number of hydrogen-bond donors (Lipinski definition) is 2. The van der Waals surface area contributed by atoms with E-state index in [9.17, 15) is 0 Å². The quantitative estimate of drug-likeness (QED) is 0.818. The number of anilines is 4. The van der Waals surface area contributed by atoms with E-state index in [1.807, 2.05) is 38.4 Å². The van der Waals surface area contributed by atoms with Gasteiger partial charge in [-0.25, -0.2) is 0 Å². The summed E-state index contributed by atoms with van der Waals surface area (Å²) < 4.78 is 1.08. The predicted molar refractivity (Wildman–Crippen MR) is 81.0 cm³/mol. The zero-order chi connectivity index (χ0) is 13.1. The molecule has 0 bridgehead atoms. The lowest BCUT2D eigenvalue weighted by atomic mass is 10.3. The Balaban J connectivity index is 2.32. The number of aromatic nitrogens is 3. The summed E-state index contributed by atoms with van der Waals surface area (Å²) in [4.78, 5) is 14.2. The summed E-state index contributed by atoms with van der Waals surface area (Å²) in [5.41, 5.74) is 6.60. The van der Waals surface area contributed by atoms with Crippen LogP contribution in [0.25, 0.3) is 0 Å². The van der Waals surface area contributed by atoms with Gasteiger partial charge < -0.3 is 16.0 Å². The molecule has 0 atom stereocenters.